The zero-order valence-corrected chi connectivity index (χ0v) is 9.92. The topological polar surface area (TPSA) is 55.1 Å². The Morgan fingerprint density at radius 2 is 2.00 bits per heavy atom. The van der Waals surface area contributed by atoms with Crippen LogP contribution in [0.2, 0.25) is 0 Å². The van der Waals surface area contributed by atoms with Gasteiger partial charge in [0.2, 0.25) is 5.91 Å². The van der Waals surface area contributed by atoms with Gasteiger partial charge in [-0.15, -0.1) is 0 Å². The zero-order chi connectivity index (χ0) is 13.8. The fourth-order valence-corrected chi connectivity index (χ4v) is 1.50. The molecule has 0 aliphatic rings. The van der Waals surface area contributed by atoms with Gasteiger partial charge in [0.15, 0.2) is 0 Å². The molecule has 18 heavy (non-hydrogen) atoms. The van der Waals surface area contributed by atoms with Crippen molar-refractivity contribution < 1.29 is 18.0 Å². The van der Waals surface area contributed by atoms with E-state index in [2.05, 4.69) is 5.32 Å². The molecule has 3 nitrogen and oxygen atoms in total. The highest BCUT2D eigenvalue weighted by molar-refractivity contribution is 5.80. The van der Waals surface area contributed by atoms with E-state index in [9.17, 15) is 18.0 Å². The first-order chi connectivity index (χ1) is 8.32. The summed E-state index contributed by atoms with van der Waals surface area (Å²) >= 11 is 0. The summed E-state index contributed by atoms with van der Waals surface area (Å²) in [6, 6.07) is 4.65. The third-order valence-corrected chi connectivity index (χ3v) is 2.43. The maximum absolute atomic E-state index is 12.7. The molecule has 1 atom stereocenters. The Hall–Kier alpha value is -1.56. The van der Waals surface area contributed by atoms with Crippen LogP contribution in [0.4, 0.5) is 13.2 Å². The molecule has 0 saturated heterocycles. The number of hydrogen-bond donors (Lipinski definition) is 2. The van der Waals surface area contributed by atoms with Gasteiger partial charge in [0.05, 0.1) is 11.6 Å². The summed E-state index contributed by atoms with van der Waals surface area (Å²) in [5.74, 6) is -0.375. The van der Waals surface area contributed by atoms with Gasteiger partial charge >= 0.3 is 6.18 Å². The molecule has 1 rings (SSSR count). The summed E-state index contributed by atoms with van der Waals surface area (Å²) in [6.45, 7) is 1.65. The van der Waals surface area contributed by atoms with Gasteiger partial charge in [-0.2, -0.15) is 13.2 Å². The number of carbonyl (C=O) groups excluding carboxylic acids is 1. The van der Waals surface area contributed by atoms with Crippen LogP contribution in [0, 0.1) is 0 Å². The summed E-state index contributed by atoms with van der Waals surface area (Å²) in [7, 11) is 0. The van der Waals surface area contributed by atoms with Crippen molar-refractivity contribution in [3.63, 3.8) is 0 Å². The van der Waals surface area contributed by atoms with E-state index >= 15 is 0 Å². The molecule has 0 unspecified atom stereocenters. The molecular formula is C12H15F3N2O. The first-order valence-electron chi connectivity index (χ1n) is 5.50. The Balaban J connectivity index is 2.66. The van der Waals surface area contributed by atoms with E-state index in [0.717, 1.165) is 6.07 Å². The molecule has 0 radical (unpaired) electrons. The number of alkyl halides is 3. The molecule has 1 aromatic rings. The lowest BCUT2D eigenvalue weighted by Crippen LogP contribution is -2.39. The van der Waals surface area contributed by atoms with Gasteiger partial charge in [0, 0.05) is 6.54 Å². The Kier molecular flexibility index (Phi) is 4.72. The molecule has 0 heterocycles. The molecule has 1 aromatic carbocycles. The summed E-state index contributed by atoms with van der Waals surface area (Å²) < 4.78 is 38.0. The number of nitrogens with two attached hydrogens (primary N) is 1. The maximum atomic E-state index is 12.7. The number of carbonyl (C=O) groups is 1. The van der Waals surface area contributed by atoms with Gasteiger partial charge in [-0.25, -0.2) is 0 Å². The lowest BCUT2D eigenvalue weighted by atomic mass is 10.0. The van der Waals surface area contributed by atoms with E-state index in [1.807, 2.05) is 0 Å². The second kappa shape index (κ2) is 5.86. The molecular weight excluding hydrogens is 245 g/mol. The largest absolute Gasteiger partial charge is 0.416 e. The van der Waals surface area contributed by atoms with Crippen LogP contribution in [0.1, 0.15) is 18.1 Å². The van der Waals surface area contributed by atoms with Crippen LogP contribution in [0.5, 0.6) is 0 Å². The third kappa shape index (κ3) is 4.03. The fourth-order valence-electron chi connectivity index (χ4n) is 1.50. The van der Waals surface area contributed by atoms with Gasteiger partial charge in [-0.05, 0) is 25.0 Å². The summed E-state index contributed by atoms with van der Waals surface area (Å²) in [5, 5.41) is 2.48. The molecule has 0 aromatic heterocycles. The fraction of sp³-hybridized carbons (Fsp3) is 0.417. The minimum Gasteiger partial charge on any atom is -0.354 e. The Morgan fingerprint density at radius 3 is 2.56 bits per heavy atom. The standard InChI is InChI=1S/C12H15F3N2O/c1-8(16)11(18)17-7-6-9-4-2-3-5-10(9)12(13,14)15/h2-5,8H,6-7,16H2,1H3,(H,17,18)/t8-/m1/s1. The summed E-state index contributed by atoms with van der Waals surface area (Å²) in [5.41, 5.74) is 4.82. The quantitative estimate of drug-likeness (QED) is 0.866. The predicted molar refractivity (Wildman–Crippen MR) is 61.8 cm³/mol. The Bertz CT molecular complexity index is 416. The van der Waals surface area contributed by atoms with Crippen molar-refractivity contribution >= 4 is 5.91 Å². The van der Waals surface area contributed by atoms with Crippen molar-refractivity contribution in [1.29, 1.82) is 0 Å². The smallest absolute Gasteiger partial charge is 0.354 e. The average molecular weight is 260 g/mol. The highest BCUT2D eigenvalue weighted by Gasteiger charge is 2.32. The van der Waals surface area contributed by atoms with Gasteiger partial charge in [0.25, 0.3) is 0 Å². The Morgan fingerprint density at radius 1 is 1.39 bits per heavy atom. The number of rotatable bonds is 4. The summed E-state index contributed by atoms with van der Waals surface area (Å²) in [6.07, 6.45) is -4.25. The second-order valence-corrected chi connectivity index (χ2v) is 3.98. The molecule has 0 bridgehead atoms. The zero-order valence-electron chi connectivity index (χ0n) is 9.92. The maximum Gasteiger partial charge on any atom is 0.416 e. The van der Waals surface area contributed by atoms with Crippen molar-refractivity contribution in [2.75, 3.05) is 6.54 Å². The second-order valence-electron chi connectivity index (χ2n) is 3.98. The van der Waals surface area contributed by atoms with Crippen LogP contribution in [-0.4, -0.2) is 18.5 Å². The SMILES string of the molecule is C[C@@H](N)C(=O)NCCc1ccccc1C(F)(F)F. The highest BCUT2D eigenvalue weighted by Crippen LogP contribution is 2.31. The van der Waals surface area contributed by atoms with Crippen LogP contribution in [-0.2, 0) is 17.4 Å². The minimum atomic E-state index is -4.37. The molecule has 0 spiro atoms. The lowest BCUT2D eigenvalue weighted by molar-refractivity contribution is -0.138. The lowest BCUT2D eigenvalue weighted by Gasteiger charge is -2.13. The van der Waals surface area contributed by atoms with E-state index in [4.69, 9.17) is 5.73 Å². The molecule has 100 valence electrons. The van der Waals surface area contributed by atoms with Crippen LogP contribution in [0.3, 0.4) is 0 Å². The molecule has 6 heteroatoms. The molecule has 0 aliphatic carbocycles. The number of hydrogen-bond acceptors (Lipinski definition) is 2. The van der Waals surface area contributed by atoms with E-state index in [-0.39, 0.29) is 24.4 Å². The van der Waals surface area contributed by atoms with Gasteiger partial charge in [0.1, 0.15) is 0 Å². The molecule has 0 fully saturated rings. The van der Waals surface area contributed by atoms with E-state index in [1.54, 1.807) is 0 Å². The van der Waals surface area contributed by atoms with E-state index < -0.39 is 17.8 Å². The van der Waals surface area contributed by atoms with Crippen LogP contribution in [0.25, 0.3) is 0 Å². The van der Waals surface area contributed by atoms with Crippen molar-refractivity contribution in [1.82, 2.24) is 5.32 Å². The van der Waals surface area contributed by atoms with Crippen LogP contribution >= 0.6 is 0 Å². The predicted octanol–water partition coefficient (Wildman–Crippen LogP) is 1.71. The van der Waals surface area contributed by atoms with E-state index in [0.29, 0.717) is 0 Å². The minimum absolute atomic E-state index is 0.119. The first-order valence-corrected chi connectivity index (χ1v) is 5.50. The van der Waals surface area contributed by atoms with Crippen LogP contribution < -0.4 is 11.1 Å². The van der Waals surface area contributed by atoms with E-state index in [1.165, 1.54) is 25.1 Å². The average Bonchev–Trinajstić information content (AvgIpc) is 2.28. The monoisotopic (exact) mass is 260 g/mol. The van der Waals surface area contributed by atoms with Crippen molar-refractivity contribution in [3.8, 4) is 0 Å². The van der Waals surface area contributed by atoms with Crippen molar-refractivity contribution in [2.24, 2.45) is 5.73 Å². The number of amides is 1. The van der Waals surface area contributed by atoms with Crippen molar-refractivity contribution in [3.05, 3.63) is 35.4 Å². The van der Waals surface area contributed by atoms with Gasteiger partial charge in [-0.3, -0.25) is 4.79 Å². The number of nitrogens with one attached hydrogen (secondary N) is 1. The number of benzene rings is 1. The van der Waals surface area contributed by atoms with Gasteiger partial charge in [-0.1, -0.05) is 18.2 Å². The molecule has 0 aliphatic heterocycles. The molecule has 1 amide bonds. The number of halogens is 3. The third-order valence-electron chi connectivity index (χ3n) is 2.43. The summed E-state index contributed by atoms with van der Waals surface area (Å²) in [4.78, 5) is 11.2. The Labute approximate surface area is 103 Å². The first kappa shape index (κ1) is 14.5. The van der Waals surface area contributed by atoms with Crippen LogP contribution in [0.15, 0.2) is 24.3 Å². The molecule has 3 N–H and O–H groups in total. The van der Waals surface area contributed by atoms with Gasteiger partial charge < -0.3 is 11.1 Å². The highest BCUT2D eigenvalue weighted by atomic mass is 19.4. The molecule has 0 saturated carbocycles. The normalized spacial score (nSPS) is 13.2. The van der Waals surface area contributed by atoms with Crippen molar-refractivity contribution in [2.45, 2.75) is 25.6 Å².